The molecule has 1 amide bonds. The Morgan fingerprint density at radius 3 is 2.63 bits per heavy atom. The quantitative estimate of drug-likeness (QED) is 0.634. The summed E-state index contributed by atoms with van der Waals surface area (Å²) >= 11 is 5.87. The summed E-state index contributed by atoms with van der Waals surface area (Å²) in [6.07, 6.45) is 2.30. The van der Waals surface area contributed by atoms with Gasteiger partial charge in [-0.1, -0.05) is 29.8 Å². The highest BCUT2D eigenvalue weighted by molar-refractivity contribution is 6.30. The zero-order chi connectivity index (χ0) is 19.1. The Morgan fingerprint density at radius 1 is 1.11 bits per heavy atom. The lowest BCUT2D eigenvalue weighted by Crippen LogP contribution is -2.25. The molecular formula is C21H20ClN3O2. The van der Waals surface area contributed by atoms with Gasteiger partial charge in [-0.3, -0.25) is 4.79 Å². The van der Waals surface area contributed by atoms with Gasteiger partial charge in [0, 0.05) is 29.5 Å². The first-order valence-corrected chi connectivity index (χ1v) is 8.91. The van der Waals surface area contributed by atoms with Crippen LogP contribution in [0.5, 0.6) is 5.75 Å². The first-order valence-electron chi connectivity index (χ1n) is 8.54. The Balaban J connectivity index is 1.52. The molecule has 0 atom stereocenters. The molecule has 0 spiro atoms. The van der Waals surface area contributed by atoms with Crippen molar-refractivity contribution in [3.8, 4) is 5.75 Å². The SMILES string of the molecule is COc1cccc(Nc2ccc(C(=O)NCCc3ccc(Cl)cc3)cn2)c1. The number of nitrogens with zero attached hydrogens (tertiary/aromatic N) is 1. The molecule has 0 saturated heterocycles. The van der Waals surface area contributed by atoms with Crippen LogP contribution in [0.4, 0.5) is 11.5 Å². The highest BCUT2D eigenvalue weighted by atomic mass is 35.5. The number of benzene rings is 2. The van der Waals surface area contributed by atoms with E-state index in [4.69, 9.17) is 16.3 Å². The Hall–Kier alpha value is -3.05. The molecule has 0 saturated carbocycles. The Morgan fingerprint density at radius 2 is 1.93 bits per heavy atom. The number of hydrogen-bond acceptors (Lipinski definition) is 4. The largest absolute Gasteiger partial charge is 0.497 e. The summed E-state index contributed by atoms with van der Waals surface area (Å²) in [6, 6.07) is 18.7. The van der Waals surface area contributed by atoms with Crippen molar-refractivity contribution in [1.82, 2.24) is 10.3 Å². The van der Waals surface area contributed by atoms with E-state index in [1.54, 1.807) is 25.4 Å². The van der Waals surface area contributed by atoms with Gasteiger partial charge in [-0.15, -0.1) is 0 Å². The third-order valence-corrected chi connectivity index (χ3v) is 4.23. The van der Waals surface area contributed by atoms with Crippen molar-refractivity contribution in [3.63, 3.8) is 0 Å². The lowest BCUT2D eigenvalue weighted by molar-refractivity contribution is 0.0954. The second-order valence-electron chi connectivity index (χ2n) is 5.92. The fourth-order valence-electron chi connectivity index (χ4n) is 2.52. The van der Waals surface area contributed by atoms with Crippen LogP contribution in [0.3, 0.4) is 0 Å². The van der Waals surface area contributed by atoms with Gasteiger partial charge in [0.05, 0.1) is 12.7 Å². The van der Waals surface area contributed by atoms with E-state index < -0.39 is 0 Å². The molecule has 1 heterocycles. The van der Waals surface area contributed by atoms with Crippen LogP contribution < -0.4 is 15.4 Å². The molecule has 3 rings (SSSR count). The van der Waals surface area contributed by atoms with Crippen molar-refractivity contribution in [2.24, 2.45) is 0 Å². The third kappa shape index (κ3) is 5.46. The number of methoxy groups -OCH3 is 1. The summed E-state index contributed by atoms with van der Waals surface area (Å²) in [6.45, 7) is 0.546. The summed E-state index contributed by atoms with van der Waals surface area (Å²) in [5.41, 5.74) is 2.50. The smallest absolute Gasteiger partial charge is 0.252 e. The number of anilines is 2. The van der Waals surface area contributed by atoms with Crippen molar-refractivity contribution in [3.05, 3.63) is 83.0 Å². The number of amides is 1. The monoisotopic (exact) mass is 381 g/mol. The van der Waals surface area contributed by atoms with Gasteiger partial charge >= 0.3 is 0 Å². The molecule has 0 aliphatic carbocycles. The topological polar surface area (TPSA) is 63.2 Å². The zero-order valence-electron chi connectivity index (χ0n) is 14.9. The van der Waals surface area contributed by atoms with Crippen LogP contribution in [0.2, 0.25) is 5.02 Å². The van der Waals surface area contributed by atoms with E-state index in [0.717, 1.165) is 23.4 Å². The second-order valence-corrected chi connectivity index (χ2v) is 6.36. The summed E-state index contributed by atoms with van der Waals surface area (Å²) < 4.78 is 5.20. The molecular weight excluding hydrogens is 362 g/mol. The van der Waals surface area contributed by atoms with E-state index in [1.165, 1.54) is 0 Å². The van der Waals surface area contributed by atoms with E-state index in [0.29, 0.717) is 22.9 Å². The van der Waals surface area contributed by atoms with Crippen molar-refractivity contribution in [2.45, 2.75) is 6.42 Å². The van der Waals surface area contributed by atoms with Gasteiger partial charge in [-0.25, -0.2) is 4.98 Å². The lowest BCUT2D eigenvalue weighted by atomic mass is 10.1. The first kappa shape index (κ1) is 18.7. The second kappa shape index (κ2) is 9.05. The first-order chi connectivity index (χ1) is 13.1. The number of aromatic nitrogens is 1. The van der Waals surface area contributed by atoms with Crippen LogP contribution in [0.15, 0.2) is 66.9 Å². The third-order valence-electron chi connectivity index (χ3n) is 3.98. The number of nitrogens with one attached hydrogen (secondary N) is 2. The maximum atomic E-state index is 12.2. The minimum atomic E-state index is -0.149. The number of carbonyl (C=O) groups is 1. The van der Waals surface area contributed by atoms with Crippen LogP contribution >= 0.6 is 11.6 Å². The number of rotatable bonds is 7. The van der Waals surface area contributed by atoms with Gasteiger partial charge in [0.15, 0.2) is 0 Å². The molecule has 27 heavy (non-hydrogen) atoms. The number of ether oxygens (including phenoxy) is 1. The van der Waals surface area contributed by atoms with E-state index in [-0.39, 0.29) is 5.91 Å². The molecule has 0 unspecified atom stereocenters. The predicted molar refractivity (Wildman–Crippen MR) is 108 cm³/mol. The van der Waals surface area contributed by atoms with Crippen molar-refractivity contribution >= 4 is 29.0 Å². The molecule has 2 aromatic carbocycles. The van der Waals surface area contributed by atoms with Gasteiger partial charge in [0.2, 0.25) is 0 Å². The number of carbonyl (C=O) groups excluding carboxylic acids is 1. The van der Waals surface area contributed by atoms with Crippen LogP contribution in [-0.2, 0) is 6.42 Å². The molecule has 2 N–H and O–H groups in total. The molecule has 138 valence electrons. The standard InChI is InChI=1S/C21H20ClN3O2/c1-27-19-4-2-3-18(13-19)25-20-10-7-16(14-24-20)21(26)23-12-11-15-5-8-17(22)9-6-15/h2-10,13-14H,11-12H2,1H3,(H,23,26)(H,24,25). The van der Waals surface area contributed by atoms with Gasteiger partial charge < -0.3 is 15.4 Å². The molecule has 6 heteroatoms. The van der Waals surface area contributed by atoms with Gasteiger partial charge in [-0.05, 0) is 48.4 Å². The maximum absolute atomic E-state index is 12.2. The number of halogens is 1. The van der Waals surface area contributed by atoms with Gasteiger partial charge in [0.25, 0.3) is 5.91 Å². The Bertz CT molecular complexity index is 896. The van der Waals surface area contributed by atoms with Crippen molar-refractivity contribution in [2.75, 3.05) is 19.0 Å². The molecule has 5 nitrogen and oxygen atoms in total. The number of hydrogen-bond donors (Lipinski definition) is 2. The average molecular weight is 382 g/mol. The molecule has 0 bridgehead atoms. The fraction of sp³-hybridized carbons (Fsp3) is 0.143. The van der Waals surface area contributed by atoms with Crippen LogP contribution in [0.1, 0.15) is 15.9 Å². The molecule has 0 fully saturated rings. The highest BCUT2D eigenvalue weighted by Crippen LogP contribution is 2.20. The van der Waals surface area contributed by atoms with E-state index >= 15 is 0 Å². The van der Waals surface area contributed by atoms with E-state index in [1.807, 2.05) is 48.5 Å². The van der Waals surface area contributed by atoms with Crippen molar-refractivity contribution in [1.29, 1.82) is 0 Å². The lowest BCUT2D eigenvalue weighted by Gasteiger charge is -2.09. The average Bonchev–Trinajstić information content (AvgIpc) is 2.70. The van der Waals surface area contributed by atoms with Crippen molar-refractivity contribution < 1.29 is 9.53 Å². The molecule has 0 aliphatic heterocycles. The normalized spacial score (nSPS) is 10.3. The molecule has 1 aromatic heterocycles. The fourth-order valence-corrected chi connectivity index (χ4v) is 2.65. The maximum Gasteiger partial charge on any atom is 0.252 e. The van der Waals surface area contributed by atoms with Crippen LogP contribution in [-0.4, -0.2) is 24.5 Å². The molecule has 0 aliphatic rings. The minimum Gasteiger partial charge on any atom is -0.497 e. The predicted octanol–water partition coefficient (Wildman–Crippen LogP) is 4.46. The summed E-state index contributed by atoms with van der Waals surface area (Å²) in [4.78, 5) is 16.5. The van der Waals surface area contributed by atoms with Gasteiger partial charge in [0.1, 0.15) is 11.6 Å². The molecule has 0 radical (unpaired) electrons. The van der Waals surface area contributed by atoms with Crippen LogP contribution in [0, 0.1) is 0 Å². The van der Waals surface area contributed by atoms with Gasteiger partial charge in [-0.2, -0.15) is 0 Å². The van der Waals surface area contributed by atoms with E-state index in [2.05, 4.69) is 15.6 Å². The summed E-state index contributed by atoms with van der Waals surface area (Å²) in [7, 11) is 1.62. The zero-order valence-corrected chi connectivity index (χ0v) is 15.7. The van der Waals surface area contributed by atoms with E-state index in [9.17, 15) is 4.79 Å². The summed E-state index contributed by atoms with van der Waals surface area (Å²) in [5.74, 6) is 1.27. The highest BCUT2D eigenvalue weighted by Gasteiger charge is 2.06. The van der Waals surface area contributed by atoms with Crippen LogP contribution in [0.25, 0.3) is 0 Å². The summed E-state index contributed by atoms with van der Waals surface area (Å²) in [5, 5.41) is 6.78. The Labute approximate surface area is 163 Å². The number of pyridine rings is 1. The molecule has 3 aromatic rings. The minimum absolute atomic E-state index is 0.149. The Kier molecular flexibility index (Phi) is 6.28.